The normalized spacial score (nSPS) is 12.9. The molecule has 0 fully saturated rings. The van der Waals surface area contributed by atoms with E-state index in [9.17, 15) is 4.79 Å². The van der Waals surface area contributed by atoms with Gasteiger partial charge in [-0.25, -0.2) is 0 Å². The number of nitrogens with zero attached hydrogens (tertiary/aromatic N) is 1. The van der Waals surface area contributed by atoms with Gasteiger partial charge in [0.25, 0.3) is 0 Å². The summed E-state index contributed by atoms with van der Waals surface area (Å²) in [5, 5.41) is 0.871. The van der Waals surface area contributed by atoms with Crippen molar-refractivity contribution in [1.29, 1.82) is 0 Å². The summed E-state index contributed by atoms with van der Waals surface area (Å²) in [5.41, 5.74) is 7.40. The van der Waals surface area contributed by atoms with E-state index in [-0.39, 0.29) is 11.7 Å². The highest BCUT2D eigenvalue weighted by molar-refractivity contribution is 6.09. The molecule has 0 amide bonds. The topological polar surface area (TPSA) is 56.0 Å². The molecule has 0 bridgehead atoms. The number of nitrogens with two attached hydrogens (primary N) is 1. The fraction of sp³-hybridized carbons (Fsp3) is 0.286. The maximum absolute atomic E-state index is 12.2. The van der Waals surface area contributed by atoms with Gasteiger partial charge in [-0.05, 0) is 18.1 Å². The lowest BCUT2D eigenvalue weighted by atomic mass is 9.93. The average molecular weight is 228 g/mol. The van der Waals surface area contributed by atoms with Gasteiger partial charge >= 0.3 is 0 Å². The van der Waals surface area contributed by atoms with Gasteiger partial charge in [-0.3, -0.25) is 9.78 Å². The first-order valence-corrected chi connectivity index (χ1v) is 5.75. The first-order valence-electron chi connectivity index (χ1n) is 5.75. The number of pyridine rings is 1. The molecule has 3 nitrogen and oxygen atoms in total. The lowest BCUT2D eigenvalue weighted by Crippen LogP contribution is -2.35. The first kappa shape index (κ1) is 11.7. The van der Waals surface area contributed by atoms with Crippen LogP contribution in [-0.4, -0.2) is 16.8 Å². The van der Waals surface area contributed by atoms with Crippen LogP contribution in [0.2, 0.25) is 0 Å². The van der Waals surface area contributed by atoms with E-state index in [0.717, 1.165) is 10.9 Å². The third kappa shape index (κ3) is 2.19. The molecule has 0 spiro atoms. The second-order valence-corrected chi connectivity index (χ2v) is 4.51. The molecule has 1 unspecified atom stereocenters. The summed E-state index contributed by atoms with van der Waals surface area (Å²) in [6.07, 6.45) is 1.72. The highest BCUT2D eigenvalue weighted by atomic mass is 16.1. The smallest absolute Gasteiger partial charge is 0.180 e. The van der Waals surface area contributed by atoms with Crippen LogP contribution in [-0.2, 0) is 0 Å². The Morgan fingerprint density at radius 1 is 1.24 bits per heavy atom. The lowest BCUT2D eigenvalue weighted by Gasteiger charge is -2.15. The van der Waals surface area contributed by atoms with Gasteiger partial charge in [-0.2, -0.15) is 0 Å². The SMILES string of the molecule is CC(C)C(N)C(=O)c1cccc2ncccc12. The zero-order valence-corrected chi connectivity index (χ0v) is 10.1. The third-order valence-electron chi connectivity index (χ3n) is 2.93. The number of carbonyl (C=O) groups excluding carboxylic acids is 1. The van der Waals surface area contributed by atoms with Crippen LogP contribution < -0.4 is 5.73 Å². The summed E-state index contributed by atoms with van der Waals surface area (Å²) in [5.74, 6) is 0.119. The molecule has 2 rings (SSSR count). The zero-order valence-electron chi connectivity index (χ0n) is 10.1. The Labute approximate surface area is 101 Å². The van der Waals surface area contributed by atoms with Gasteiger partial charge in [0.15, 0.2) is 5.78 Å². The quantitative estimate of drug-likeness (QED) is 0.821. The second-order valence-electron chi connectivity index (χ2n) is 4.51. The number of aromatic nitrogens is 1. The highest BCUT2D eigenvalue weighted by Crippen LogP contribution is 2.19. The molecule has 2 aromatic rings. The number of benzene rings is 1. The van der Waals surface area contributed by atoms with E-state index in [2.05, 4.69) is 4.98 Å². The van der Waals surface area contributed by atoms with Crippen molar-refractivity contribution in [3.63, 3.8) is 0 Å². The predicted octanol–water partition coefficient (Wildman–Crippen LogP) is 2.40. The fourth-order valence-electron chi connectivity index (χ4n) is 1.80. The standard InChI is InChI=1S/C14H16N2O/c1-9(2)13(15)14(17)11-5-3-7-12-10(11)6-4-8-16-12/h3-9,13H,15H2,1-2H3. The Morgan fingerprint density at radius 2 is 2.00 bits per heavy atom. The molecule has 0 aliphatic heterocycles. The summed E-state index contributed by atoms with van der Waals surface area (Å²) < 4.78 is 0. The number of ketones is 1. The highest BCUT2D eigenvalue weighted by Gasteiger charge is 2.20. The summed E-state index contributed by atoms with van der Waals surface area (Å²) >= 11 is 0. The van der Waals surface area contributed by atoms with Crippen molar-refractivity contribution in [2.75, 3.05) is 0 Å². The number of Topliss-reactive ketones (excluding diaryl/α,β-unsaturated/α-hetero) is 1. The molecule has 1 heterocycles. The molecule has 1 aromatic heterocycles. The summed E-state index contributed by atoms with van der Waals surface area (Å²) in [6.45, 7) is 3.90. The minimum absolute atomic E-state index is 0.0152. The molecule has 88 valence electrons. The van der Waals surface area contributed by atoms with Crippen LogP contribution >= 0.6 is 0 Å². The number of hydrogen-bond donors (Lipinski definition) is 1. The van der Waals surface area contributed by atoms with E-state index < -0.39 is 6.04 Å². The molecule has 0 aliphatic rings. The van der Waals surface area contributed by atoms with Gasteiger partial charge in [0.2, 0.25) is 0 Å². The molecule has 1 atom stereocenters. The van der Waals surface area contributed by atoms with Crippen molar-refractivity contribution in [2.24, 2.45) is 11.7 Å². The Bertz CT molecular complexity index is 543. The van der Waals surface area contributed by atoms with Crippen LogP contribution in [0.4, 0.5) is 0 Å². The van der Waals surface area contributed by atoms with E-state index in [0.29, 0.717) is 5.56 Å². The molecule has 0 saturated carbocycles. The monoisotopic (exact) mass is 228 g/mol. The summed E-state index contributed by atoms with van der Waals surface area (Å²) in [4.78, 5) is 16.5. The van der Waals surface area contributed by atoms with Crippen molar-refractivity contribution in [3.8, 4) is 0 Å². The van der Waals surface area contributed by atoms with Crippen molar-refractivity contribution >= 4 is 16.7 Å². The van der Waals surface area contributed by atoms with Crippen molar-refractivity contribution in [3.05, 3.63) is 42.1 Å². The van der Waals surface area contributed by atoms with E-state index >= 15 is 0 Å². The van der Waals surface area contributed by atoms with Crippen LogP contribution in [0.25, 0.3) is 10.9 Å². The van der Waals surface area contributed by atoms with Gasteiger partial charge < -0.3 is 5.73 Å². The van der Waals surface area contributed by atoms with E-state index in [1.54, 1.807) is 6.20 Å². The van der Waals surface area contributed by atoms with Gasteiger partial charge in [0.05, 0.1) is 11.6 Å². The molecular weight excluding hydrogens is 212 g/mol. The third-order valence-corrected chi connectivity index (χ3v) is 2.93. The van der Waals surface area contributed by atoms with Crippen LogP contribution in [0.1, 0.15) is 24.2 Å². The summed E-state index contributed by atoms with van der Waals surface area (Å²) in [6, 6.07) is 8.83. The molecule has 17 heavy (non-hydrogen) atoms. The van der Waals surface area contributed by atoms with Gasteiger partial charge in [-0.1, -0.05) is 32.0 Å². The Balaban J connectivity index is 2.52. The van der Waals surface area contributed by atoms with Crippen LogP contribution in [0.3, 0.4) is 0 Å². The van der Waals surface area contributed by atoms with Crippen molar-refractivity contribution in [2.45, 2.75) is 19.9 Å². The van der Waals surface area contributed by atoms with E-state index in [1.165, 1.54) is 0 Å². The number of hydrogen-bond acceptors (Lipinski definition) is 3. The molecule has 0 radical (unpaired) electrons. The largest absolute Gasteiger partial charge is 0.321 e. The minimum Gasteiger partial charge on any atom is -0.321 e. The number of fused-ring (bicyclic) bond motifs is 1. The average Bonchev–Trinajstić information content (AvgIpc) is 2.36. The molecule has 0 aliphatic carbocycles. The Hall–Kier alpha value is -1.74. The molecule has 3 heteroatoms. The van der Waals surface area contributed by atoms with Crippen molar-refractivity contribution in [1.82, 2.24) is 4.98 Å². The van der Waals surface area contributed by atoms with Gasteiger partial charge in [0.1, 0.15) is 0 Å². The Kier molecular flexibility index (Phi) is 3.20. The van der Waals surface area contributed by atoms with Crippen LogP contribution in [0.5, 0.6) is 0 Å². The number of carbonyl (C=O) groups is 1. The van der Waals surface area contributed by atoms with Crippen molar-refractivity contribution < 1.29 is 4.79 Å². The molecule has 0 saturated heterocycles. The number of rotatable bonds is 3. The minimum atomic E-state index is -0.458. The predicted molar refractivity (Wildman–Crippen MR) is 68.9 cm³/mol. The first-order chi connectivity index (χ1) is 8.11. The van der Waals surface area contributed by atoms with Gasteiger partial charge in [-0.15, -0.1) is 0 Å². The maximum atomic E-state index is 12.2. The zero-order chi connectivity index (χ0) is 12.4. The van der Waals surface area contributed by atoms with Crippen LogP contribution in [0, 0.1) is 5.92 Å². The maximum Gasteiger partial charge on any atom is 0.180 e. The van der Waals surface area contributed by atoms with E-state index in [4.69, 9.17) is 5.73 Å². The fourth-order valence-corrected chi connectivity index (χ4v) is 1.80. The second kappa shape index (κ2) is 4.63. The summed E-state index contributed by atoms with van der Waals surface area (Å²) in [7, 11) is 0. The lowest BCUT2D eigenvalue weighted by molar-refractivity contribution is 0.0942. The molecular formula is C14H16N2O. The molecule has 2 N–H and O–H groups in total. The molecule has 1 aromatic carbocycles. The van der Waals surface area contributed by atoms with Gasteiger partial charge in [0, 0.05) is 17.1 Å². The Morgan fingerprint density at radius 3 is 2.71 bits per heavy atom. The van der Waals surface area contributed by atoms with Crippen LogP contribution in [0.15, 0.2) is 36.5 Å². The van der Waals surface area contributed by atoms with E-state index in [1.807, 2.05) is 44.2 Å².